The van der Waals surface area contributed by atoms with Crippen molar-refractivity contribution in [3.63, 3.8) is 0 Å². The van der Waals surface area contributed by atoms with Crippen molar-refractivity contribution < 1.29 is 0 Å². The van der Waals surface area contributed by atoms with Gasteiger partial charge >= 0.3 is 0 Å². The first-order valence-corrected chi connectivity index (χ1v) is 10.3. The Morgan fingerprint density at radius 1 is 1.18 bits per heavy atom. The van der Waals surface area contributed by atoms with Gasteiger partial charge in [-0.2, -0.15) is 10.2 Å². The van der Waals surface area contributed by atoms with E-state index in [1.54, 1.807) is 4.57 Å². The number of hydrazine groups is 1. The van der Waals surface area contributed by atoms with Crippen LogP contribution in [0.5, 0.6) is 0 Å². The number of nitrogen functional groups attached to an aromatic ring is 2. The minimum atomic E-state index is -0.0838. The van der Waals surface area contributed by atoms with Gasteiger partial charge in [-0.15, -0.1) is 0 Å². The van der Waals surface area contributed by atoms with Gasteiger partial charge in [0.1, 0.15) is 17.5 Å². The predicted octanol–water partition coefficient (Wildman–Crippen LogP) is 1.79. The number of para-hydroxylation sites is 1. The van der Waals surface area contributed by atoms with Crippen molar-refractivity contribution in [2.24, 2.45) is 11.6 Å². The van der Waals surface area contributed by atoms with Crippen LogP contribution in [0.3, 0.4) is 0 Å². The maximum atomic E-state index is 13.3. The Morgan fingerprint density at radius 2 is 1.91 bits per heavy atom. The number of anilines is 2. The molecule has 0 radical (unpaired) electrons. The highest BCUT2D eigenvalue weighted by Gasteiger charge is 2.14. The van der Waals surface area contributed by atoms with E-state index in [2.05, 4.69) is 15.4 Å². The Bertz CT molecular complexity index is 1440. The number of nitrogens with two attached hydrogens (primary N) is 4. The molecule has 0 unspecified atom stereocenters. The Morgan fingerprint density at radius 3 is 2.53 bits per heavy atom. The monoisotopic (exact) mass is 455 g/mol. The second-order valence-corrected chi connectivity index (χ2v) is 7.14. The van der Waals surface area contributed by atoms with Crippen molar-refractivity contribution in [1.82, 2.24) is 20.0 Å². The van der Waals surface area contributed by atoms with Crippen LogP contribution >= 0.6 is 0 Å². The number of nitriles is 1. The normalized spacial score (nSPS) is 10.8. The first kappa shape index (κ1) is 23.8. The SMILES string of the molecule is CCc1cc2cccc(/C(N)=C/NN)c2c(=O)n1-c1ccccc1.N#Cc1cnc(N)nc1N. The third-order valence-corrected chi connectivity index (χ3v) is 5.01. The van der Waals surface area contributed by atoms with Gasteiger partial charge in [0.15, 0.2) is 0 Å². The number of benzene rings is 2. The zero-order valence-corrected chi connectivity index (χ0v) is 18.6. The van der Waals surface area contributed by atoms with Crippen LogP contribution in [0.25, 0.3) is 22.2 Å². The van der Waals surface area contributed by atoms with Gasteiger partial charge in [-0.05, 0) is 30.0 Å². The van der Waals surface area contributed by atoms with E-state index in [0.29, 0.717) is 16.6 Å². The lowest BCUT2D eigenvalue weighted by molar-refractivity contribution is 0.888. The number of fused-ring (bicyclic) bond motifs is 1. The molecule has 2 heterocycles. The first-order chi connectivity index (χ1) is 16.4. The largest absolute Gasteiger partial charge is 0.397 e. The van der Waals surface area contributed by atoms with E-state index in [1.165, 1.54) is 12.4 Å². The summed E-state index contributed by atoms with van der Waals surface area (Å²) in [6, 6.07) is 19.1. The minimum Gasteiger partial charge on any atom is -0.397 e. The van der Waals surface area contributed by atoms with Gasteiger partial charge in [0.25, 0.3) is 5.56 Å². The van der Waals surface area contributed by atoms with Gasteiger partial charge in [-0.25, -0.2) is 4.98 Å². The average Bonchev–Trinajstić information content (AvgIpc) is 2.84. The van der Waals surface area contributed by atoms with Crippen LogP contribution in [0.1, 0.15) is 23.7 Å². The molecule has 0 saturated heterocycles. The Kier molecular flexibility index (Phi) is 7.43. The van der Waals surface area contributed by atoms with Gasteiger partial charge in [0.2, 0.25) is 5.95 Å². The van der Waals surface area contributed by atoms with E-state index >= 15 is 0 Å². The second-order valence-electron chi connectivity index (χ2n) is 7.14. The predicted molar refractivity (Wildman–Crippen MR) is 134 cm³/mol. The number of aromatic nitrogens is 3. The molecule has 2 aromatic heterocycles. The molecule has 2 aromatic carbocycles. The summed E-state index contributed by atoms with van der Waals surface area (Å²) in [5.74, 6) is 5.53. The van der Waals surface area contributed by atoms with Gasteiger partial charge in [-0.3, -0.25) is 15.2 Å². The fourth-order valence-electron chi connectivity index (χ4n) is 3.44. The molecule has 0 saturated carbocycles. The van der Waals surface area contributed by atoms with Crippen LogP contribution in [-0.4, -0.2) is 14.5 Å². The highest BCUT2D eigenvalue weighted by molar-refractivity contribution is 5.93. The van der Waals surface area contributed by atoms with E-state index < -0.39 is 0 Å². The van der Waals surface area contributed by atoms with E-state index in [4.69, 9.17) is 28.3 Å². The number of nitrogens with zero attached hydrogens (tertiary/aromatic N) is 4. The van der Waals surface area contributed by atoms with Crippen molar-refractivity contribution in [3.05, 3.63) is 94.2 Å². The van der Waals surface area contributed by atoms with Gasteiger partial charge in [0, 0.05) is 23.1 Å². The maximum Gasteiger partial charge on any atom is 0.263 e. The standard InChI is InChI=1S/C19H20N4O.C5H5N5/c1-2-14-11-13-7-6-10-16(17(20)12-22-21)18(13)19(24)23(14)15-8-4-3-5-9-15;6-1-3-2-9-5(8)10-4(3)7/h3-12,22H,2,20-21H2,1H3;2H,(H4,7,8,9,10)/b17-12-;. The van der Waals surface area contributed by atoms with Gasteiger partial charge in [-0.1, -0.05) is 43.3 Å². The van der Waals surface area contributed by atoms with E-state index in [-0.39, 0.29) is 22.9 Å². The fourth-order valence-corrected chi connectivity index (χ4v) is 3.44. The number of rotatable bonds is 4. The summed E-state index contributed by atoms with van der Waals surface area (Å²) < 4.78 is 1.75. The molecule has 0 atom stereocenters. The highest BCUT2D eigenvalue weighted by Crippen LogP contribution is 2.22. The average molecular weight is 456 g/mol. The zero-order chi connectivity index (χ0) is 24.7. The highest BCUT2D eigenvalue weighted by atomic mass is 16.1. The maximum absolute atomic E-state index is 13.3. The lowest BCUT2D eigenvalue weighted by Crippen LogP contribution is -2.23. The van der Waals surface area contributed by atoms with Crippen molar-refractivity contribution in [2.45, 2.75) is 13.3 Å². The Hall–Kier alpha value is -4.88. The molecular formula is C24H25N9O. The molecule has 4 rings (SSSR count). The number of nitrogens with one attached hydrogen (secondary N) is 1. The summed E-state index contributed by atoms with van der Waals surface area (Å²) in [5.41, 5.74) is 22.0. The van der Waals surface area contributed by atoms with Gasteiger partial charge < -0.3 is 22.6 Å². The van der Waals surface area contributed by atoms with E-state index in [9.17, 15) is 4.79 Å². The molecule has 0 bridgehead atoms. The third kappa shape index (κ3) is 4.95. The smallest absolute Gasteiger partial charge is 0.263 e. The van der Waals surface area contributed by atoms with Crippen LogP contribution in [0.2, 0.25) is 0 Å². The van der Waals surface area contributed by atoms with Crippen LogP contribution in [0, 0.1) is 11.3 Å². The molecule has 0 aliphatic heterocycles. The third-order valence-electron chi connectivity index (χ3n) is 5.01. The summed E-state index contributed by atoms with van der Waals surface area (Å²) in [6.07, 6.45) is 3.52. The summed E-state index contributed by atoms with van der Waals surface area (Å²) in [4.78, 5) is 20.4. The Labute approximate surface area is 196 Å². The Balaban J connectivity index is 0.000000271. The lowest BCUT2D eigenvalue weighted by atomic mass is 10.0. The molecule has 0 fully saturated rings. The molecule has 9 N–H and O–H groups in total. The summed E-state index contributed by atoms with van der Waals surface area (Å²) in [5, 5.41) is 9.81. The first-order valence-electron chi connectivity index (χ1n) is 10.3. The molecule has 172 valence electrons. The van der Waals surface area contributed by atoms with Crippen LogP contribution in [0.15, 0.2) is 71.8 Å². The van der Waals surface area contributed by atoms with Crippen molar-refractivity contribution >= 4 is 28.2 Å². The van der Waals surface area contributed by atoms with Gasteiger partial charge in [0.05, 0.1) is 17.3 Å². The fraction of sp³-hybridized carbons (Fsp3) is 0.0833. The number of hydrogen-bond acceptors (Lipinski definition) is 9. The molecule has 0 aliphatic rings. The number of aryl methyl sites for hydroxylation is 1. The quantitative estimate of drug-likeness (QED) is 0.226. The zero-order valence-electron chi connectivity index (χ0n) is 18.6. The second kappa shape index (κ2) is 10.6. The molecule has 4 aromatic rings. The molecule has 0 aliphatic carbocycles. The van der Waals surface area contributed by atoms with E-state index in [1.807, 2.05) is 67.6 Å². The summed E-state index contributed by atoms with van der Waals surface area (Å²) in [7, 11) is 0. The summed E-state index contributed by atoms with van der Waals surface area (Å²) >= 11 is 0. The van der Waals surface area contributed by atoms with Crippen LogP contribution in [0.4, 0.5) is 11.8 Å². The number of pyridine rings is 1. The van der Waals surface area contributed by atoms with Crippen molar-refractivity contribution in [1.29, 1.82) is 5.26 Å². The molecular weight excluding hydrogens is 430 g/mol. The molecule has 34 heavy (non-hydrogen) atoms. The molecule has 10 heteroatoms. The van der Waals surface area contributed by atoms with Crippen LogP contribution < -0.4 is 34.0 Å². The summed E-state index contributed by atoms with van der Waals surface area (Å²) in [6.45, 7) is 2.04. The van der Waals surface area contributed by atoms with Crippen LogP contribution in [-0.2, 0) is 6.42 Å². The van der Waals surface area contributed by atoms with Crippen molar-refractivity contribution in [2.75, 3.05) is 11.5 Å². The molecule has 0 spiro atoms. The van der Waals surface area contributed by atoms with E-state index in [0.717, 1.165) is 23.2 Å². The minimum absolute atomic E-state index is 0.0801. The lowest BCUT2D eigenvalue weighted by Gasteiger charge is -2.15. The topological polar surface area (TPSA) is 188 Å². The number of hydrogen-bond donors (Lipinski definition) is 5. The molecule has 0 amide bonds. The molecule has 10 nitrogen and oxygen atoms in total. The van der Waals surface area contributed by atoms with Crippen molar-refractivity contribution in [3.8, 4) is 11.8 Å².